The molecule has 26 heavy (non-hydrogen) atoms. The number of rotatable bonds is 7. The van der Waals surface area contributed by atoms with Gasteiger partial charge in [-0.1, -0.05) is 29.4 Å². The van der Waals surface area contributed by atoms with E-state index in [9.17, 15) is 4.79 Å². The second-order valence-electron chi connectivity index (χ2n) is 5.81. The minimum absolute atomic E-state index is 0.0550. The molecule has 0 aliphatic carbocycles. The van der Waals surface area contributed by atoms with Crippen molar-refractivity contribution in [2.75, 3.05) is 32.1 Å². The predicted molar refractivity (Wildman–Crippen MR) is 109 cm³/mol. The Morgan fingerprint density at radius 2 is 2.08 bits per heavy atom. The molecule has 0 saturated heterocycles. The van der Waals surface area contributed by atoms with E-state index in [2.05, 4.69) is 16.2 Å². The molecule has 0 atom stereocenters. The van der Waals surface area contributed by atoms with Gasteiger partial charge in [0.05, 0.1) is 9.58 Å². The van der Waals surface area contributed by atoms with Crippen LogP contribution in [0.1, 0.15) is 15.2 Å². The van der Waals surface area contributed by atoms with Gasteiger partial charge in [-0.05, 0) is 30.2 Å². The molecule has 1 aromatic carbocycles. The Morgan fingerprint density at radius 3 is 2.73 bits per heavy atom. The normalized spacial score (nSPS) is 10.5. The standard InChI is InChI=1S/C19H19N3O2S2/c1-4-11-24-14-7-5-13(6-8-14)9-10-20-17(23)15-12-16-18(25-15)21-19(26-16)22(2)3/h1,5-8,12H,9-11H2,2-3H3,(H,20,23). The minimum atomic E-state index is -0.0550. The van der Waals surface area contributed by atoms with Gasteiger partial charge in [0.15, 0.2) is 5.13 Å². The molecule has 134 valence electrons. The van der Waals surface area contributed by atoms with E-state index in [1.165, 1.54) is 11.3 Å². The van der Waals surface area contributed by atoms with Crippen LogP contribution < -0.4 is 15.0 Å². The van der Waals surface area contributed by atoms with Crippen molar-refractivity contribution in [2.24, 2.45) is 0 Å². The number of thiazole rings is 1. The maximum Gasteiger partial charge on any atom is 0.261 e. The number of nitrogens with zero attached hydrogens (tertiary/aromatic N) is 2. The number of ether oxygens (including phenoxy) is 1. The number of benzene rings is 1. The highest BCUT2D eigenvalue weighted by molar-refractivity contribution is 7.29. The van der Waals surface area contributed by atoms with Crippen molar-refractivity contribution in [3.63, 3.8) is 0 Å². The molecule has 0 unspecified atom stereocenters. The Morgan fingerprint density at radius 1 is 1.31 bits per heavy atom. The van der Waals surface area contributed by atoms with Crippen LogP contribution in [0, 0.1) is 12.3 Å². The molecule has 0 spiro atoms. The third-order valence-corrected chi connectivity index (χ3v) is 5.96. The third kappa shape index (κ3) is 4.34. The molecule has 5 nitrogen and oxygen atoms in total. The molecular formula is C19H19N3O2S2. The number of carbonyl (C=O) groups is 1. The summed E-state index contributed by atoms with van der Waals surface area (Å²) in [4.78, 5) is 20.4. The number of anilines is 1. The van der Waals surface area contributed by atoms with Crippen LogP contribution in [-0.2, 0) is 6.42 Å². The SMILES string of the molecule is C#CCOc1ccc(CCNC(=O)c2cc3sc(N(C)C)nc3s2)cc1. The minimum Gasteiger partial charge on any atom is -0.481 e. The van der Waals surface area contributed by atoms with Crippen LogP contribution in [-0.4, -0.2) is 38.1 Å². The van der Waals surface area contributed by atoms with Crippen LogP contribution in [0.5, 0.6) is 5.75 Å². The molecule has 1 N–H and O–H groups in total. The van der Waals surface area contributed by atoms with Crippen molar-refractivity contribution < 1.29 is 9.53 Å². The Hall–Kier alpha value is -2.56. The van der Waals surface area contributed by atoms with Crippen LogP contribution in [0.2, 0.25) is 0 Å². The van der Waals surface area contributed by atoms with Gasteiger partial charge in [0.25, 0.3) is 5.91 Å². The van der Waals surface area contributed by atoms with Gasteiger partial charge in [-0.15, -0.1) is 17.8 Å². The fraction of sp³-hybridized carbons (Fsp3) is 0.263. The summed E-state index contributed by atoms with van der Waals surface area (Å²) < 4.78 is 6.39. The molecule has 0 bridgehead atoms. The lowest BCUT2D eigenvalue weighted by Gasteiger charge is -2.06. The summed E-state index contributed by atoms with van der Waals surface area (Å²) in [6.07, 6.45) is 5.92. The van der Waals surface area contributed by atoms with Gasteiger partial charge in [-0.2, -0.15) is 0 Å². The smallest absolute Gasteiger partial charge is 0.261 e. The average molecular weight is 386 g/mol. The largest absolute Gasteiger partial charge is 0.481 e. The van der Waals surface area contributed by atoms with E-state index in [0.717, 1.165) is 32.4 Å². The van der Waals surface area contributed by atoms with Crippen LogP contribution in [0.4, 0.5) is 5.13 Å². The molecule has 1 amide bonds. The first-order valence-electron chi connectivity index (χ1n) is 8.08. The van der Waals surface area contributed by atoms with Gasteiger partial charge in [0, 0.05) is 20.6 Å². The lowest BCUT2D eigenvalue weighted by Crippen LogP contribution is -2.24. The molecule has 2 heterocycles. The van der Waals surface area contributed by atoms with Gasteiger partial charge < -0.3 is 15.0 Å². The summed E-state index contributed by atoms with van der Waals surface area (Å²) in [6.45, 7) is 0.837. The Labute approximate surface area is 160 Å². The van der Waals surface area contributed by atoms with Crippen molar-refractivity contribution in [1.82, 2.24) is 10.3 Å². The molecule has 0 radical (unpaired) electrons. The van der Waals surface area contributed by atoms with Gasteiger partial charge in [0.2, 0.25) is 0 Å². The number of terminal acetylenes is 1. The summed E-state index contributed by atoms with van der Waals surface area (Å²) in [5.41, 5.74) is 1.13. The van der Waals surface area contributed by atoms with E-state index < -0.39 is 0 Å². The van der Waals surface area contributed by atoms with Gasteiger partial charge in [0.1, 0.15) is 17.2 Å². The van der Waals surface area contributed by atoms with Gasteiger partial charge in [-0.25, -0.2) is 4.98 Å². The van der Waals surface area contributed by atoms with Crippen LogP contribution in [0.25, 0.3) is 9.53 Å². The summed E-state index contributed by atoms with van der Waals surface area (Å²) in [5, 5.41) is 3.92. The number of hydrogen-bond acceptors (Lipinski definition) is 6. The zero-order chi connectivity index (χ0) is 18.5. The van der Waals surface area contributed by atoms with Gasteiger partial charge >= 0.3 is 0 Å². The van der Waals surface area contributed by atoms with E-state index in [4.69, 9.17) is 11.2 Å². The monoisotopic (exact) mass is 385 g/mol. The summed E-state index contributed by atoms with van der Waals surface area (Å²) in [5.74, 6) is 3.13. The fourth-order valence-electron chi connectivity index (χ4n) is 2.31. The third-order valence-electron chi connectivity index (χ3n) is 3.63. The zero-order valence-electron chi connectivity index (χ0n) is 14.6. The van der Waals surface area contributed by atoms with E-state index in [-0.39, 0.29) is 12.5 Å². The second-order valence-corrected chi connectivity index (χ2v) is 7.85. The topological polar surface area (TPSA) is 54.5 Å². The fourth-order valence-corrected chi connectivity index (χ4v) is 4.36. The molecule has 0 aliphatic heterocycles. The highest BCUT2D eigenvalue weighted by atomic mass is 32.1. The summed E-state index contributed by atoms with van der Waals surface area (Å²) in [6, 6.07) is 9.64. The average Bonchev–Trinajstić information content (AvgIpc) is 3.20. The van der Waals surface area contributed by atoms with Crippen molar-refractivity contribution in [1.29, 1.82) is 0 Å². The van der Waals surface area contributed by atoms with Crippen molar-refractivity contribution in [3.8, 4) is 18.1 Å². The molecule has 0 fully saturated rings. The first-order valence-corrected chi connectivity index (χ1v) is 9.71. The Balaban J connectivity index is 1.52. The highest BCUT2D eigenvalue weighted by Crippen LogP contribution is 2.33. The number of fused-ring (bicyclic) bond motifs is 1. The van der Waals surface area contributed by atoms with E-state index in [1.54, 1.807) is 11.3 Å². The summed E-state index contributed by atoms with van der Waals surface area (Å²) in [7, 11) is 3.92. The number of aromatic nitrogens is 1. The molecular weight excluding hydrogens is 366 g/mol. The zero-order valence-corrected chi connectivity index (χ0v) is 16.2. The molecule has 0 saturated carbocycles. The second kappa shape index (κ2) is 8.21. The maximum absolute atomic E-state index is 12.3. The molecule has 3 rings (SSSR count). The van der Waals surface area contributed by atoms with Crippen molar-refractivity contribution in [3.05, 3.63) is 40.8 Å². The lowest BCUT2D eigenvalue weighted by molar-refractivity contribution is 0.0958. The van der Waals surface area contributed by atoms with Crippen LogP contribution >= 0.6 is 22.7 Å². The molecule has 0 aliphatic rings. The number of amides is 1. The first-order chi connectivity index (χ1) is 12.6. The van der Waals surface area contributed by atoms with E-state index in [0.29, 0.717) is 11.4 Å². The molecule has 2 aromatic heterocycles. The number of nitrogens with one attached hydrogen (secondary N) is 1. The van der Waals surface area contributed by atoms with Crippen molar-refractivity contribution >= 4 is 43.2 Å². The number of carbonyl (C=O) groups excluding carboxylic acids is 1. The molecule has 3 aromatic rings. The van der Waals surface area contributed by atoms with E-state index in [1.807, 2.05) is 49.3 Å². The highest BCUT2D eigenvalue weighted by Gasteiger charge is 2.14. The Bertz CT molecular complexity index is 904. The lowest BCUT2D eigenvalue weighted by atomic mass is 10.1. The van der Waals surface area contributed by atoms with Crippen molar-refractivity contribution in [2.45, 2.75) is 6.42 Å². The van der Waals surface area contributed by atoms with Gasteiger partial charge in [-0.3, -0.25) is 4.79 Å². The maximum atomic E-state index is 12.3. The Kier molecular flexibility index (Phi) is 5.76. The first kappa shape index (κ1) is 18.2. The number of hydrogen-bond donors (Lipinski definition) is 1. The predicted octanol–water partition coefficient (Wildman–Crippen LogP) is 3.41. The quantitative estimate of drug-likeness (QED) is 0.633. The number of thiophene rings is 1. The molecule has 7 heteroatoms. The van der Waals surface area contributed by atoms with Crippen LogP contribution in [0.15, 0.2) is 30.3 Å². The van der Waals surface area contributed by atoms with E-state index >= 15 is 0 Å². The van der Waals surface area contributed by atoms with Crippen LogP contribution in [0.3, 0.4) is 0 Å². The summed E-state index contributed by atoms with van der Waals surface area (Å²) >= 11 is 3.02.